The number of carbonyl (C=O) groups excluding carboxylic acids is 1. The molecule has 0 saturated carbocycles. The maximum absolute atomic E-state index is 12.2. The van der Waals surface area contributed by atoms with E-state index >= 15 is 0 Å². The smallest absolute Gasteiger partial charge is 0.345 e. The number of nitrogens with one attached hydrogen (secondary N) is 1. The summed E-state index contributed by atoms with van der Waals surface area (Å²) >= 11 is 1.23. The largest absolute Gasteiger partial charge is 0.422 e. The number of anilines is 1. The fourth-order valence-corrected chi connectivity index (χ4v) is 3.10. The van der Waals surface area contributed by atoms with Gasteiger partial charge in [-0.15, -0.1) is 11.3 Å². The number of amides is 1. The standard InChI is InChI=1S/C17H12N4O3S/c1-21-7-6-12(20-21)15(22)19-17-18-13(9-25-17)11-8-10-4-2-3-5-14(10)24-16(11)23/h2-9H,1H3,(H,18,19,22). The maximum atomic E-state index is 12.2. The molecular formula is C17H12N4O3S. The summed E-state index contributed by atoms with van der Waals surface area (Å²) in [7, 11) is 1.73. The number of benzene rings is 1. The van der Waals surface area contributed by atoms with Crippen LogP contribution in [0.1, 0.15) is 10.5 Å². The minimum Gasteiger partial charge on any atom is -0.422 e. The third kappa shape index (κ3) is 2.94. The lowest BCUT2D eigenvalue weighted by atomic mass is 10.1. The molecule has 0 bridgehead atoms. The molecule has 4 rings (SSSR count). The summed E-state index contributed by atoms with van der Waals surface area (Å²) in [6.07, 6.45) is 1.68. The third-order valence-electron chi connectivity index (χ3n) is 3.59. The Bertz CT molecular complexity index is 1140. The fraction of sp³-hybridized carbons (Fsp3) is 0.0588. The van der Waals surface area contributed by atoms with Gasteiger partial charge in [-0.05, 0) is 18.2 Å². The van der Waals surface area contributed by atoms with Crippen LogP contribution in [0.3, 0.4) is 0 Å². The molecule has 3 aromatic heterocycles. The molecule has 3 heterocycles. The zero-order valence-corrected chi connectivity index (χ0v) is 13.9. The second-order valence-electron chi connectivity index (χ2n) is 5.35. The van der Waals surface area contributed by atoms with Crippen LogP contribution in [0, 0.1) is 0 Å². The Morgan fingerprint density at radius 1 is 1.28 bits per heavy atom. The van der Waals surface area contributed by atoms with E-state index in [1.54, 1.807) is 47.6 Å². The van der Waals surface area contributed by atoms with Gasteiger partial charge in [0.2, 0.25) is 0 Å². The van der Waals surface area contributed by atoms with Crippen LogP contribution >= 0.6 is 11.3 Å². The number of carbonyl (C=O) groups is 1. The quantitative estimate of drug-likeness (QED) is 0.573. The number of thiazole rings is 1. The van der Waals surface area contributed by atoms with Crippen molar-refractivity contribution >= 4 is 33.3 Å². The van der Waals surface area contributed by atoms with Crippen molar-refractivity contribution in [2.24, 2.45) is 7.05 Å². The molecule has 0 unspecified atom stereocenters. The minimum absolute atomic E-state index is 0.296. The van der Waals surface area contributed by atoms with Gasteiger partial charge in [-0.2, -0.15) is 5.10 Å². The highest BCUT2D eigenvalue weighted by Crippen LogP contribution is 2.25. The van der Waals surface area contributed by atoms with E-state index in [1.165, 1.54) is 11.3 Å². The first-order chi connectivity index (χ1) is 12.1. The average molecular weight is 352 g/mol. The number of fused-ring (bicyclic) bond motifs is 1. The number of rotatable bonds is 3. The summed E-state index contributed by atoms with van der Waals surface area (Å²) in [5.74, 6) is -0.355. The molecule has 0 aliphatic heterocycles. The van der Waals surface area contributed by atoms with Gasteiger partial charge in [-0.1, -0.05) is 18.2 Å². The van der Waals surface area contributed by atoms with Crippen LogP contribution < -0.4 is 10.9 Å². The summed E-state index contributed by atoms with van der Waals surface area (Å²) in [6, 6.07) is 10.6. The molecule has 1 aromatic carbocycles. The van der Waals surface area contributed by atoms with Crippen molar-refractivity contribution in [1.29, 1.82) is 0 Å². The summed E-state index contributed by atoms with van der Waals surface area (Å²) in [4.78, 5) is 28.6. The van der Waals surface area contributed by atoms with Crippen molar-refractivity contribution in [2.45, 2.75) is 0 Å². The molecular weight excluding hydrogens is 340 g/mol. The Hall–Kier alpha value is -3.26. The molecule has 0 spiro atoms. The van der Waals surface area contributed by atoms with Crippen LogP contribution in [0.4, 0.5) is 5.13 Å². The topological polar surface area (TPSA) is 90.0 Å². The Morgan fingerprint density at radius 3 is 2.92 bits per heavy atom. The molecule has 0 fully saturated rings. The number of aromatic nitrogens is 3. The fourth-order valence-electron chi connectivity index (χ4n) is 2.39. The zero-order valence-electron chi connectivity index (χ0n) is 13.1. The molecule has 0 atom stereocenters. The molecule has 1 amide bonds. The summed E-state index contributed by atoms with van der Waals surface area (Å²) in [6.45, 7) is 0. The van der Waals surface area contributed by atoms with Crippen molar-refractivity contribution in [3.8, 4) is 11.3 Å². The van der Waals surface area contributed by atoms with Crippen LogP contribution in [0.5, 0.6) is 0 Å². The number of nitrogens with zero attached hydrogens (tertiary/aromatic N) is 3. The highest BCUT2D eigenvalue weighted by molar-refractivity contribution is 7.14. The first-order valence-electron chi connectivity index (χ1n) is 7.40. The van der Waals surface area contributed by atoms with Gasteiger partial charge in [0.25, 0.3) is 5.91 Å². The monoisotopic (exact) mass is 352 g/mol. The molecule has 0 aliphatic rings. The van der Waals surface area contributed by atoms with Crippen molar-refractivity contribution in [2.75, 3.05) is 5.32 Å². The number of aryl methyl sites for hydroxylation is 1. The lowest BCUT2D eigenvalue weighted by Crippen LogP contribution is -2.13. The zero-order chi connectivity index (χ0) is 17.4. The molecule has 0 saturated heterocycles. The van der Waals surface area contributed by atoms with E-state index < -0.39 is 5.63 Å². The van der Waals surface area contributed by atoms with Crippen LogP contribution in [-0.4, -0.2) is 20.7 Å². The van der Waals surface area contributed by atoms with Gasteiger partial charge in [0.1, 0.15) is 5.58 Å². The molecule has 8 heteroatoms. The average Bonchev–Trinajstić information content (AvgIpc) is 3.23. The van der Waals surface area contributed by atoms with Crippen molar-refractivity contribution in [1.82, 2.24) is 14.8 Å². The first kappa shape index (κ1) is 15.3. The highest BCUT2D eigenvalue weighted by atomic mass is 32.1. The van der Waals surface area contributed by atoms with Crippen LogP contribution in [0.25, 0.3) is 22.2 Å². The third-order valence-corrected chi connectivity index (χ3v) is 4.35. The number of para-hydroxylation sites is 1. The predicted molar refractivity (Wildman–Crippen MR) is 94.8 cm³/mol. The highest BCUT2D eigenvalue weighted by Gasteiger charge is 2.14. The van der Waals surface area contributed by atoms with Gasteiger partial charge >= 0.3 is 5.63 Å². The van der Waals surface area contributed by atoms with E-state index in [4.69, 9.17) is 4.42 Å². The van der Waals surface area contributed by atoms with Crippen molar-refractivity contribution in [3.05, 3.63) is 64.1 Å². The first-order valence-corrected chi connectivity index (χ1v) is 8.28. The number of hydrogen-bond donors (Lipinski definition) is 1. The molecule has 0 aliphatic carbocycles. The Labute approximate surface area is 145 Å². The maximum Gasteiger partial charge on any atom is 0.345 e. The van der Waals surface area contributed by atoms with E-state index in [9.17, 15) is 9.59 Å². The normalized spacial score (nSPS) is 10.9. The number of hydrogen-bond acceptors (Lipinski definition) is 6. The van der Waals surface area contributed by atoms with Crippen molar-refractivity contribution < 1.29 is 9.21 Å². The van der Waals surface area contributed by atoms with Gasteiger partial charge in [-0.3, -0.25) is 14.8 Å². The molecule has 0 radical (unpaired) electrons. The van der Waals surface area contributed by atoms with Crippen LogP contribution in [0.2, 0.25) is 0 Å². The van der Waals surface area contributed by atoms with Gasteiger partial charge in [-0.25, -0.2) is 9.78 Å². The van der Waals surface area contributed by atoms with Gasteiger partial charge in [0.15, 0.2) is 10.8 Å². The predicted octanol–water partition coefficient (Wildman–Crippen LogP) is 2.90. The minimum atomic E-state index is -0.466. The van der Waals surface area contributed by atoms with E-state index in [-0.39, 0.29) is 5.91 Å². The van der Waals surface area contributed by atoms with E-state index in [1.807, 2.05) is 12.1 Å². The Morgan fingerprint density at radius 2 is 2.12 bits per heavy atom. The molecule has 124 valence electrons. The van der Waals surface area contributed by atoms with E-state index in [0.29, 0.717) is 27.7 Å². The van der Waals surface area contributed by atoms with Gasteiger partial charge in [0.05, 0.1) is 11.3 Å². The molecule has 7 nitrogen and oxygen atoms in total. The Kier molecular flexibility index (Phi) is 3.66. The summed E-state index contributed by atoms with van der Waals surface area (Å²) < 4.78 is 6.86. The van der Waals surface area contributed by atoms with E-state index in [2.05, 4.69) is 15.4 Å². The molecule has 25 heavy (non-hydrogen) atoms. The second-order valence-corrected chi connectivity index (χ2v) is 6.21. The SMILES string of the molecule is Cn1ccc(C(=O)Nc2nc(-c3cc4ccccc4oc3=O)cs2)n1. The van der Waals surface area contributed by atoms with Gasteiger partial charge in [0, 0.05) is 24.0 Å². The van der Waals surface area contributed by atoms with Crippen LogP contribution in [0.15, 0.2) is 57.2 Å². The summed E-state index contributed by atoms with van der Waals surface area (Å²) in [5, 5.41) is 9.61. The lowest BCUT2D eigenvalue weighted by molar-refractivity contribution is 0.102. The lowest BCUT2D eigenvalue weighted by Gasteiger charge is -1.99. The second kappa shape index (κ2) is 5.99. The van der Waals surface area contributed by atoms with E-state index in [0.717, 1.165) is 5.39 Å². The van der Waals surface area contributed by atoms with Crippen molar-refractivity contribution in [3.63, 3.8) is 0 Å². The Balaban J connectivity index is 1.64. The summed E-state index contributed by atoms with van der Waals surface area (Å²) in [5.41, 5.74) is 1.17. The molecule has 1 N–H and O–H groups in total. The molecule has 4 aromatic rings. The van der Waals surface area contributed by atoms with Gasteiger partial charge < -0.3 is 4.42 Å². The van der Waals surface area contributed by atoms with Crippen LogP contribution in [-0.2, 0) is 7.05 Å².